The largest absolute Gasteiger partial charge is 0.450 e. The number of hydrogen-bond acceptors (Lipinski definition) is 4. The smallest absolute Gasteiger partial charge is 0.407 e. The number of imidazole rings is 1. The van der Waals surface area contributed by atoms with Gasteiger partial charge in [-0.05, 0) is 20.8 Å². The molecule has 1 atom stereocenters. The molecule has 0 saturated carbocycles. The van der Waals surface area contributed by atoms with Crippen LogP contribution >= 0.6 is 0 Å². The third-order valence-electron chi connectivity index (χ3n) is 2.41. The van der Waals surface area contributed by atoms with Crippen molar-refractivity contribution in [2.75, 3.05) is 13.2 Å². The van der Waals surface area contributed by atoms with Gasteiger partial charge in [-0.25, -0.2) is 9.78 Å². The fourth-order valence-electron chi connectivity index (χ4n) is 1.58. The number of aromatic nitrogens is 2. The fourth-order valence-corrected chi connectivity index (χ4v) is 1.58. The molecule has 0 aliphatic carbocycles. The van der Waals surface area contributed by atoms with E-state index in [2.05, 4.69) is 10.3 Å². The van der Waals surface area contributed by atoms with Crippen molar-refractivity contribution in [1.29, 1.82) is 0 Å². The molecule has 0 spiro atoms. The summed E-state index contributed by atoms with van der Waals surface area (Å²) in [5.41, 5.74) is 6.55. The zero-order valence-electron chi connectivity index (χ0n) is 10.5. The molecule has 6 heteroatoms. The first-order valence-electron chi connectivity index (χ1n) is 5.75. The molecule has 0 aromatic carbocycles. The predicted molar refractivity (Wildman–Crippen MR) is 64.6 cm³/mol. The van der Waals surface area contributed by atoms with Crippen molar-refractivity contribution in [2.45, 2.75) is 32.9 Å². The van der Waals surface area contributed by atoms with Crippen molar-refractivity contribution < 1.29 is 9.53 Å². The van der Waals surface area contributed by atoms with Gasteiger partial charge in [0.05, 0.1) is 30.9 Å². The molecule has 0 bridgehead atoms. The molecular formula is C11H20N4O2. The highest BCUT2D eigenvalue weighted by atomic mass is 16.5. The topological polar surface area (TPSA) is 82.2 Å². The van der Waals surface area contributed by atoms with Crippen LogP contribution in [-0.4, -0.2) is 28.8 Å². The highest BCUT2D eigenvalue weighted by Gasteiger charge is 2.18. The molecule has 0 saturated heterocycles. The second-order valence-electron chi connectivity index (χ2n) is 3.97. The van der Waals surface area contributed by atoms with Crippen molar-refractivity contribution in [2.24, 2.45) is 5.73 Å². The van der Waals surface area contributed by atoms with E-state index in [1.54, 1.807) is 19.4 Å². The van der Waals surface area contributed by atoms with Gasteiger partial charge in [-0.15, -0.1) is 0 Å². The van der Waals surface area contributed by atoms with E-state index in [0.29, 0.717) is 13.2 Å². The van der Waals surface area contributed by atoms with E-state index < -0.39 is 6.09 Å². The number of ether oxygens (including phenoxy) is 1. The van der Waals surface area contributed by atoms with Gasteiger partial charge in [0.2, 0.25) is 0 Å². The average Bonchev–Trinajstić information content (AvgIpc) is 2.75. The van der Waals surface area contributed by atoms with Gasteiger partial charge in [0.1, 0.15) is 0 Å². The molecule has 3 N–H and O–H groups in total. The fraction of sp³-hybridized carbons (Fsp3) is 0.636. The standard InChI is InChI=1S/C11H20N4O2/c1-4-17-11(16)14-9(5-12)10-6-13-7-15(10)8(2)3/h6-9H,4-5,12H2,1-3H3,(H,14,16). The van der Waals surface area contributed by atoms with Crippen molar-refractivity contribution >= 4 is 6.09 Å². The molecule has 0 fully saturated rings. The molecule has 0 aliphatic rings. The van der Waals surface area contributed by atoms with E-state index in [1.165, 1.54) is 0 Å². The number of rotatable bonds is 5. The monoisotopic (exact) mass is 240 g/mol. The number of hydrogen-bond donors (Lipinski definition) is 2. The summed E-state index contributed by atoms with van der Waals surface area (Å²) in [6.45, 7) is 6.49. The van der Waals surface area contributed by atoms with Gasteiger partial charge in [0.15, 0.2) is 0 Å². The van der Waals surface area contributed by atoms with Gasteiger partial charge in [-0.2, -0.15) is 0 Å². The van der Waals surface area contributed by atoms with Crippen LogP contribution in [0.4, 0.5) is 4.79 Å². The molecule has 1 aromatic heterocycles. The van der Waals surface area contributed by atoms with Gasteiger partial charge in [0, 0.05) is 12.6 Å². The minimum atomic E-state index is -0.459. The lowest BCUT2D eigenvalue weighted by molar-refractivity contribution is 0.148. The number of amides is 1. The lowest BCUT2D eigenvalue weighted by atomic mass is 10.2. The van der Waals surface area contributed by atoms with Crippen LogP contribution in [0.2, 0.25) is 0 Å². The van der Waals surface area contributed by atoms with E-state index in [1.807, 2.05) is 18.4 Å². The van der Waals surface area contributed by atoms with Crippen LogP contribution in [0.5, 0.6) is 0 Å². The summed E-state index contributed by atoms with van der Waals surface area (Å²) < 4.78 is 6.81. The summed E-state index contributed by atoms with van der Waals surface area (Å²) in [4.78, 5) is 15.5. The summed E-state index contributed by atoms with van der Waals surface area (Å²) in [6.07, 6.45) is 2.98. The first-order chi connectivity index (χ1) is 8.10. The number of carbonyl (C=O) groups excluding carboxylic acids is 1. The number of nitrogens with zero attached hydrogens (tertiary/aromatic N) is 2. The van der Waals surface area contributed by atoms with Crippen LogP contribution in [0.1, 0.15) is 38.5 Å². The highest BCUT2D eigenvalue weighted by molar-refractivity contribution is 5.67. The molecule has 1 aromatic rings. The van der Waals surface area contributed by atoms with Crippen molar-refractivity contribution in [1.82, 2.24) is 14.9 Å². The van der Waals surface area contributed by atoms with Gasteiger partial charge < -0.3 is 20.4 Å². The maximum Gasteiger partial charge on any atom is 0.407 e. The molecular weight excluding hydrogens is 220 g/mol. The summed E-state index contributed by atoms with van der Waals surface area (Å²) in [7, 11) is 0. The first-order valence-corrected chi connectivity index (χ1v) is 5.75. The Morgan fingerprint density at radius 2 is 2.35 bits per heavy atom. The Labute approximate surface area is 101 Å². The summed E-state index contributed by atoms with van der Waals surface area (Å²) >= 11 is 0. The van der Waals surface area contributed by atoms with Gasteiger partial charge >= 0.3 is 6.09 Å². The van der Waals surface area contributed by atoms with Crippen molar-refractivity contribution in [3.8, 4) is 0 Å². The lowest BCUT2D eigenvalue weighted by Crippen LogP contribution is -2.35. The predicted octanol–water partition coefficient (Wildman–Crippen LogP) is 1.21. The summed E-state index contributed by atoms with van der Waals surface area (Å²) in [5, 5.41) is 2.72. The normalized spacial score (nSPS) is 12.5. The molecule has 6 nitrogen and oxygen atoms in total. The third-order valence-corrected chi connectivity index (χ3v) is 2.41. The summed E-state index contributed by atoms with van der Waals surface area (Å²) in [5.74, 6) is 0. The third kappa shape index (κ3) is 3.45. The number of nitrogens with two attached hydrogens (primary N) is 1. The van der Waals surface area contributed by atoms with E-state index in [-0.39, 0.29) is 12.1 Å². The van der Waals surface area contributed by atoms with Crippen LogP contribution < -0.4 is 11.1 Å². The molecule has 1 unspecified atom stereocenters. The first kappa shape index (κ1) is 13.5. The van der Waals surface area contributed by atoms with Crippen LogP contribution in [0.3, 0.4) is 0 Å². The SMILES string of the molecule is CCOC(=O)NC(CN)c1cncn1C(C)C. The Hall–Kier alpha value is -1.56. The van der Waals surface area contributed by atoms with Crippen LogP contribution in [-0.2, 0) is 4.74 Å². The Kier molecular flexibility index (Phi) is 4.96. The highest BCUT2D eigenvalue weighted by Crippen LogP contribution is 2.16. The van der Waals surface area contributed by atoms with Gasteiger partial charge in [0.25, 0.3) is 0 Å². The molecule has 0 aliphatic heterocycles. The second-order valence-corrected chi connectivity index (χ2v) is 3.97. The van der Waals surface area contributed by atoms with Crippen LogP contribution in [0.25, 0.3) is 0 Å². The Bertz CT molecular complexity index is 362. The van der Waals surface area contributed by atoms with E-state index in [4.69, 9.17) is 10.5 Å². The second kappa shape index (κ2) is 6.24. The molecule has 17 heavy (non-hydrogen) atoms. The molecule has 1 heterocycles. The van der Waals surface area contributed by atoms with Crippen LogP contribution in [0.15, 0.2) is 12.5 Å². The minimum absolute atomic E-state index is 0.269. The molecule has 1 rings (SSSR count). The Balaban J connectivity index is 2.79. The number of nitrogens with one attached hydrogen (secondary N) is 1. The Morgan fingerprint density at radius 3 is 2.88 bits per heavy atom. The van der Waals surface area contributed by atoms with E-state index in [0.717, 1.165) is 5.69 Å². The van der Waals surface area contributed by atoms with E-state index >= 15 is 0 Å². The maximum absolute atomic E-state index is 11.4. The van der Waals surface area contributed by atoms with Crippen molar-refractivity contribution in [3.63, 3.8) is 0 Å². The number of alkyl carbamates (subject to hydrolysis) is 1. The Morgan fingerprint density at radius 1 is 1.65 bits per heavy atom. The zero-order valence-corrected chi connectivity index (χ0v) is 10.5. The number of carbonyl (C=O) groups is 1. The molecule has 0 radical (unpaired) electrons. The maximum atomic E-state index is 11.4. The average molecular weight is 240 g/mol. The van der Waals surface area contributed by atoms with Crippen LogP contribution in [0, 0.1) is 0 Å². The molecule has 96 valence electrons. The molecule has 1 amide bonds. The van der Waals surface area contributed by atoms with E-state index in [9.17, 15) is 4.79 Å². The van der Waals surface area contributed by atoms with Gasteiger partial charge in [-0.1, -0.05) is 0 Å². The minimum Gasteiger partial charge on any atom is -0.450 e. The lowest BCUT2D eigenvalue weighted by Gasteiger charge is -2.20. The summed E-state index contributed by atoms with van der Waals surface area (Å²) in [6, 6.07) is -0.00973. The zero-order chi connectivity index (χ0) is 12.8. The van der Waals surface area contributed by atoms with Crippen molar-refractivity contribution in [3.05, 3.63) is 18.2 Å². The van der Waals surface area contributed by atoms with Gasteiger partial charge in [-0.3, -0.25) is 0 Å². The quantitative estimate of drug-likeness (QED) is 0.810.